The molecule has 158 valence electrons. The first-order chi connectivity index (χ1) is 15.0. The molecule has 0 spiro atoms. The molecule has 0 bridgehead atoms. The maximum atomic E-state index is 12.7. The summed E-state index contributed by atoms with van der Waals surface area (Å²) in [4.78, 5) is 12.9. The van der Waals surface area contributed by atoms with Crippen LogP contribution in [0, 0.1) is 11.8 Å². The third-order valence-corrected chi connectivity index (χ3v) is 4.95. The Hall–Kier alpha value is -3.65. The lowest BCUT2D eigenvalue weighted by Crippen LogP contribution is -2.14. The maximum absolute atomic E-state index is 12.7. The number of nitrogens with one attached hydrogen (secondary N) is 1. The molecule has 0 saturated heterocycles. The van der Waals surface area contributed by atoms with Crippen LogP contribution >= 0.6 is 12.2 Å². The van der Waals surface area contributed by atoms with Gasteiger partial charge in [0.05, 0.1) is 13.3 Å². The number of benzene rings is 2. The number of rotatable bonds is 7. The zero-order chi connectivity index (χ0) is 21.8. The van der Waals surface area contributed by atoms with Crippen molar-refractivity contribution in [3.63, 3.8) is 0 Å². The highest BCUT2D eigenvalue weighted by atomic mass is 32.1. The normalized spacial score (nSPS) is 10.8. The molecule has 0 amide bonds. The molecule has 4 aromatic rings. The van der Waals surface area contributed by atoms with Crippen molar-refractivity contribution in [1.29, 1.82) is 0 Å². The molecule has 31 heavy (non-hydrogen) atoms. The van der Waals surface area contributed by atoms with E-state index in [4.69, 9.17) is 26.1 Å². The molecule has 0 saturated carbocycles. The Bertz CT molecular complexity index is 1290. The number of pyridine rings is 1. The van der Waals surface area contributed by atoms with E-state index in [1.165, 1.54) is 11.6 Å². The first-order valence-electron chi connectivity index (χ1n) is 9.63. The lowest BCUT2D eigenvalue weighted by atomic mass is 10.2. The fourth-order valence-corrected chi connectivity index (χ4v) is 3.21. The molecule has 0 atom stereocenters. The van der Waals surface area contributed by atoms with E-state index in [1.807, 2.05) is 60.0 Å². The van der Waals surface area contributed by atoms with Crippen molar-refractivity contribution in [2.24, 2.45) is 0 Å². The summed E-state index contributed by atoms with van der Waals surface area (Å²) in [5.41, 5.74) is 3.38. The molecule has 2 aromatic carbocycles. The average molecular weight is 436 g/mol. The minimum Gasteiger partial charge on any atom is -0.497 e. The largest absolute Gasteiger partial charge is 0.497 e. The zero-order valence-electron chi connectivity index (χ0n) is 17.1. The molecule has 1 N–H and O–H groups in total. The minimum atomic E-state index is -0.266. The van der Waals surface area contributed by atoms with Crippen molar-refractivity contribution in [3.05, 3.63) is 92.5 Å². The van der Waals surface area contributed by atoms with Gasteiger partial charge < -0.3 is 18.5 Å². The molecule has 2 aromatic heterocycles. The number of aromatic amines is 1. The van der Waals surface area contributed by atoms with E-state index in [0.29, 0.717) is 18.8 Å². The second-order valence-corrected chi connectivity index (χ2v) is 7.43. The van der Waals surface area contributed by atoms with Crippen LogP contribution in [0.4, 0.5) is 0 Å². The van der Waals surface area contributed by atoms with E-state index >= 15 is 0 Å². The Balaban J connectivity index is 1.67. The number of aromatic nitrogens is 3. The van der Waals surface area contributed by atoms with Crippen LogP contribution in [0.2, 0.25) is 0 Å². The SMILES string of the molecule is COc1ccc(Cn2cc(OCc3ccc(C)cc3)c(=O)cc2-c2n[nH]c(=S)o2)cc1. The lowest BCUT2D eigenvalue weighted by molar-refractivity contribution is 0.300. The molecule has 0 aliphatic rings. The number of aryl methyl sites for hydroxylation is 1. The molecule has 7 nitrogen and oxygen atoms in total. The van der Waals surface area contributed by atoms with Gasteiger partial charge in [-0.1, -0.05) is 42.0 Å². The third kappa shape index (κ3) is 4.92. The van der Waals surface area contributed by atoms with Gasteiger partial charge in [0.15, 0.2) is 5.75 Å². The van der Waals surface area contributed by atoms with Gasteiger partial charge in [-0.2, -0.15) is 0 Å². The molecule has 0 unspecified atom stereocenters. The smallest absolute Gasteiger partial charge is 0.284 e. The summed E-state index contributed by atoms with van der Waals surface area (Å²) in [5.74, 6) is 1.25. The number of nitrogens with zero attached hydrogens (tertiary/aromatic N) is 2. The Morgan fingerprint density at radius 1 is 1.10 bits per heavy atom. The van der Waals surface area contributed by atoms with Gasteiger partial charge in [-0.3, -0.25) is 4.79 Å². The Morgan fingerprint density at radius 2 is 1.81 bits per heavy atom. The molecule has 0 aliphatic heterocycles. The standard InChI is InChI=1S/C23H21N3O4S/c1-15-3-5-17(6-4-15)14-29-21-13-26(12-16-7-9-18(28-2)10-8-16)19(11-20(21)27)22-24-25-23(31)30-22/h3-11,13H,12,14H2,1-2H3,(H,25,31). The van der Waals surface area contributed by atoms with Crippen LogP contribution in [0.1, 0.15) is 16.7 Å². The predicted molar refractivity (Wildman–Crippen MR) is 119 cm³/mol. The molecular weight excluding hydrogens is 414 g/mol. The van der Waals surface area contributed by atoms with Crippen molar-refractivity contribution in [2.45, 2.75) is 20.1 Å². The Labute approximate surface area is 183 Å². The van der Waals surface area contributed by atoms with Crippen LogP contribution in [-0.2, 0) is 13.2 Å². The molecule has 8 heteroatoms. The highest BCUT2D eigenvalue weighted by Gasteiger charge is 2.14. The van der Waals surface area contributed by atoms with E-state index < -0.39 is 0 Å². The highest BCUT2D eigenvalue weighted by molar-refractivity contribution is 7.71. The van der Waals surface area contributed by atoms with Gasteiger partial charge in [0.25, 0.3) is 10.7 Å². The van der Waals surface area contributed by atoms with Crippen molar-refractivity contribution >= 4 is 12.2 Å². The van der Waals surface area contributed by atoms with Gasteiger partial charge >= 0.3 is 0 Å². The Kier molecular flexibility index (Phi) is 5.99. The molecule has 0 fully saturated rings. The summed E-state index contributed by atoms with van der Waals surface area (Å²) >= 11 is 4.99. The van der Waals surface area contributed by atoms with Crippen LogP contribution in [0.15, 0.2) is 70.0 Å². The summed E-state index contributed by atoms with van der Waals surface area (Å²) < 4.78 is 18.4. The van der Waals surface area contributed by atoms with Gasteiger partial charge in [-0.05, 0) is 42.4 Å². The zero-order valence-corrected chi connectivity index (χ0v) is 17.9. The van der Waals surface area contributed by atoms with Crippen LogP contribution in [0.25, 0.3) is 11.6 Å². The summed E-state index contributed by atoms with van der Waals surface area (Å²) in [5, 5.41) is 6.67. The first kappa shape index (κ1) is 20.6. The summed E-state index contributed by atoms with van der Waals surface area (Å²) in [6, 6.07) is 17.1. The van der Waals surface area contributed by atoms with Crippen molar-refractivity contribution in [3.8, 4) is 23.1 Å². The van der Waals surface area contributed by atoms with E-state index in [9.17, 15) is 4.79 Å². The topological polar surface area (TPSA) is 82.3 Å². The summed E-state index contributed by atoms with van der Waals surface area (Å²) in [6.07, 6.45) is 1.67. The van der Waals surface area contributed by atoms with Crippen molar-refractivity contribution in [2.75, 3.05) is 7.11 Å². The lowest BCUT2D eigenvalue weighted by Gasteiger charge is -2.14. The third-order valence-electron chi connectivity index (χ3n) is 4.78. The van der Waals surface area contributed by atoms with Crippen molar-refractivity contribution in [1.82, 2.24) is 14.8 Å². The monoisotopic (exact) mass is 435 g/mol. The second-order valence-electron chi connectivity index (χ2n) is 7.06. The molecule has 0 radical (unpaired) electrons. The van der Waals surface area contributed by atoms with E-state index in [0.717, 1.165) is 16.9 Å². The van der Waals surface area contributed by atoms with Crippen LogP contribution in [0.5, 0.6) is 11.5 Å². The molecule has 2 heterocycles. The van der Waals surface area contributed by atoms with Gasteiger partial charge in [-0.25, -0.2) is 5.10 Å². The number of hydrogen-bond donors (Lipinski definition) is 1. The van der Waals surface area contributed by atoms with E-state index in [1.54, 1.807) is 13.3 Å². The van der Waals surface area contributed by atoms with Gasteiger partial charge in [0.2, 0.25) is 5.43 Å². The minimum absolute atomic E-state index is 0.137. The average Bonchev–Trinajstić information content (AvgIpc) is 3.21. The number of hydrogen-bond acceptors (Lipinski definition) is 6. The van der Waals surface area contributed by atoms with E-state index in [2.05, 4.69) is 10.2 Å². The second kappa shape index (κ2) is 9.01. The quantitative estimate of drug-likeness (QED) is 0.430. The molecule has 4 rings (SSSR count). The fraction of sp³-hybridized carbons (Fsp3) is 0.174. The van der Waals surface area contributed by atoms with Crippen LogP contribution in [-0.4, -0.2) is 21.9 Å². The van der Waals surface area contributed by atoms with Crippen LogP contribution in [0.3, 0.4) is 0 Å². The van der Waals surface area contributed by atoms with Gasteiger partial charge in [0, 0.05) is 12.6 Å². The number of ether oxygens (including phenoxy) is 2. The summed E-state index contributed by atoms with van der Waals surface area (Å²) in [6.45, 7) is 2.78. The molecular formula is C23H21N3O4S. The number of H-pyrrole nitrogens is 1. The first-order valence-corrected chi connectivity index (χ1v) is 10.0. The molecule has 0 aliphatic carbocycles. The predicted octanol–water partition coefficient (Wildman–Crippen LogP) is 4.51. The summed E-state index contributed by atoms with van der Waals surface area (Å²) in [7, 11) is 1.62. The maximum Gasteiger partial charge on any atom is 0.284 e. The number of methoxy groups -OCH3 is 1. The van der Waals surface area contributed by atoms with Crippen molar-refractivity contribution < 1.29 is 13.9 Å². The Morgan fingerprint density at radius 3 is 2.45 bits per heavy atom. The van der Waals surface area contributed by atoms with E-state index in [-0.39, 0.29) is 21.9 Å². The highest BCUT2D eigenvalue weighted by Crippen LogP contribution is 2.21. The van der Waals surface area contributed by atoms with Gasteiger partial charge in [0.1, 0.15) is 18.1 Å². The van der Waals surface area contributed by atoms with Gasteiger partial charge in [-0.15, -0.1) is 5.10 Å². The fourth-order valence-electron chi connectivity index (χ4n) is 3.09. The van der Waals surface area contributed by atoms with Crippen LogP contribution < -0.4 is 14.9 Å².